The van der Waals surface area contributed by atoms with Crippen molar-refractivity contribution in [2.24, 2.45) is 5.73 Å². The van der Waals surface area contributed by atoms with Crippen LogP contribution in [-0.2, 0) is 0 Å². The standard InChI is InChI=1S/C10H11F3N2/c11-10(12,13)9(14)5-1-3-8-4-2-6-15-7-8/h1-4,6-7,9H,5,14H2/b3-1-. The number of alkyl halides is 3. The summed E-state index contributed by atoms with van der Waals surface area (Å²) in [7, 11) is 0. The number of pyridine rings is 1. The van der Waals surface area contributed by atoms with Crippen molar-refractivity contribution in [3.8, 4) is 0 Å². The average molecular weight is 216 g/mol. The molecule has 0 spiro atoms. The van der Waals surface area contributed by atoms with Gasteiger partial charge < -0.3 is 5.73 Å². The number of halogens is 3. The summed E-state index contributed by atoms with van der Waals surface area (Å²) in [6.45, 7) is 0. The molecule has 2 nitrogen and oxygen atoms in total. The van der Waals surface area contributed by atoms with E-state index in [1.54, 1.807) is 30.6 Å². The van der Waals surface area contributed by atoms with Crippen molar-refractivity contribution in [2.75, 3.05) is 0 Å². The van der Waals surface area contributed by atoms with Crippen LogP contribution in [0.5, 0.6) is 0 Å². The highest BCUT2D eigenvalue weighted by atomic mass is 19.4. The molecule has 15 heavy (non-hydrogen) atoms. The van der Waals surface area contributed by atoms with Gasteiger partial charge in [-0.05, 0) is 18.1 Å². The van der Waals surface area contributed by atoms with Crippen LogP contribution in [0.25, 0.3) is 6.08 Å². The molecule has 0 aliphatic rings. The first kappa shape index (κ1) is 11.7. The molecule has 1 atom stereocenters. The minimum Gasteiger partial charge on any atom is -0.320 e. The fourth-order valence-corrected chi connectivity index (χ4v) is 0.959. The van der Waals surface area contributed by atoms with Crippen molar-refractivity contribution in [1.29, 1.82) is 0 Å². The van der Waals surface area contributed by atoms with E-state index >= 15 is 0 Å². The molecule has 0 bridgehead atoms. The second-order valence-corrected chi connectivity index (χ2v) is 3.07. The van der Waals surface area contributed by atoms with E-state index in [0.29, 0.717) is 0 Å². The Morgan fingerprint density at radius 2 is 2.20 bits per heavy atom. The molecule has 0 aromatic carbocycles. The highest BCUT2D eigenvalue weighted by Gasteiger charge is 2.35. The molecule has 0 radical (unpaired) electrons. The molecule has 0 fully saturated rings. The van der Waals surface area contributed by atoms with Crippen molar-refractivity contribution in [3.05, 3.63) is 36.2 Å². The van der Waals surface area contributed by atoms with E-state index < -0.39 is 12.2 Å². The predicted molar refractivity (Wildman–Crippen MR) is 51.9 cm³/mol. The van der Waals surface area contributed by atoms with Gasteiger partial charge >= 0.3 is 6.18 Å². The van der Waals surface area contributed by atoms with Gasteiger partial charge in [0.25, 0.3) is 0 Å². The smallest absolute Gasteiger partial charge is 0.320 e. The van der Waals surface area contributed by atoms with Crippen molar-refractivity contribution >= 4 is 6.08 Å². The lowest BCUT2D eigenvalue weighted by Gasteiger charge is -2.12. The highest BCUT2D eigenvalue weighted by Crippen LogP contribution is 2.20. The summed E-state index contributed by atoms with van der Waals surface area (Å²) in [6, 6.07) is 1.66. The number of nitrogens with zero attached hydrogens (tertiary/aromatic N) is 1. The zero-order valence-electron chi connectivity index (χ0n) is 7.91. The topological polar surface area (TPSA) is 38.9 Å². The summed E-state index contributed by atoms with van der Waals surface area (Å²) in [4.78, 5) is 3.83. The van der Waals surface area contributed by atoms with Gasteiger partial charge in [0.15, 0.2) is 0 Å². The predicted octanol–water partition coefficient (Wildman–Crippen LogP) is 2.37. The molecule has 0 amide bonds. The Bertz CT molecular complexity index is 319. The lowest BCUT2D eigenvalue weighted by Crippen LogP contribution is -2.36. The van der Waals surface area contributed by atoms with Crippen LogP contribution in [0.3, 0.4) is 0 Å². The minimum absolute atomic E-state index is 0.224. The first-order valence-electron chi connectivity index (χ1n) is 4.39. The van der Waals surface area contributed by atoms with Gasteiger partial charge in [-0.1, -0.05) is 18.2 Å². The van der Waals surface area contributed by atoms with Gasteiger partial charge in [-0.15, -0.1) is 0 Å². The largest absolute Gasteiger partial charge is 0.403 e. The van der Waals surface area contributed by atoms with Crippen molar-refractivity contribution in [2.45, 2.75) is 18.6 Å². The van der Waals surface area contributed by atoms with Gasteiger partial charge in [-0.3, -0.25) is 4.98 Å². The third kappa shape index (κ3) is 4.12. The number of rotatable bonds is 3. The first-order valence-corrected chi connectivity index (χ1v) is 4.39. The normalized spacial score (nSPS) is 14.4. The van der Waals surface area contributed by atoms with Gasteiger partial charge in [0, 0.05) is 12.4 Å². The Kier molecular flexibility index (Phi) is 3.85. The van der Waals surface area contributed by atoms with E-state index in [4.69, 9.17) is 5.73 Å². The zero-order valence-corrected chi connectivity index (χ0v) is 7.91. The highest BCUT2D eigenvalue weighted by molar-refractivity contribution is 5.47. The van der Waals surface area contributed by atoms with Crippen LogP contribution in [0.2, 0.25) is 0 Å². The summed E-state index contributed by atoms with van der Waals surface area (Å²) < 4.78 is 36.0. The molecule has 0 saturated carbocycles. The van der Waals surface area contributed by atoms with Crippen molar-refractivity contribution in [3.63, 3.8) is 0 Å². The summed E-state index contributed by atoms with van der Waals surface area (Å²) in [5.41, 5.74) is 5.68. The summed E-state index contributed by atoms with van der Waals surface area (Å²) in [5.74, 6) is 0. The van der Waals surface area contributed by atoms with Gasteiger partial charge in [-0.2, -0.15) is 13.2 Å². The zero-order chi connectivity index (χ0) is 11.3. The Labute approximate surface area is 85.6 Å². The van der Waals surface area contributed by atoms with E-state index in [2.05, 4.69) is 4.98 Å². The van der Waals surface area contributed by atoms with Crippen LogP contribution in [0.1, 0.15) is 12.0 Å². The maximum atomic E-state index is 12.0. The van der Waals surface area contributed by atoms with Crippen LogP contribution in [0, 0.1) is 0 Å². The number of nitrogens with two attached hydrogens (primary N) is 1. The third-order valence-corrected chi connectivity index (χ3v) is 1.81. The van der Waals surface area contributed by atoms with E-state index in [1.165, 1.54) is 6.08 Å². The molecule has 0 aliphatic carbocycles. The van der Waals surface area contributed by atoms with Crippen molar-refractivity contribution < 1.29 is 13.2 Å². The molecule has 0 saturated heterocycles. The van der Waals surface area contributed by atoms with Gasteiger partial charge in [0.05, 0.1) is 0 Å². The lowest BCUT2D eigenvalue weighted by molar-refractivity contribution is -0.146. The molecule has 5 heteroatoms. The Hall–Kier alpha value is -1.36. The van der Waals surface area contributed by atoms with E-state index in [0.717, 1.165) is 5.56 Å². The summed E-state index contributed by atoms with van der Waals surface area (Å²) in [5, 5.41) is 0. The van der Waals surface area contributed by atoms with E-state index in [9.17, 15) is 13.2 Å². The SMILES string of the molecule is NC(C/C=C\c1cccnc1)C(F)(F)F. The molecule has 2 N–H and O–H groups in total. The number of aromatic nitrogens is 1. The van der Waals surface area contributed by atoms with Gasteiger partial charge in [0.2, 0.25) is 0 Å². The molecule has 1 aromatic heterocycles. The maximum absolute atomic E-state index is 12.0. The second kappa shape index (κ2) is 4.93. The molecule has 82 valence electrons. The molecule has 1 unspecified atom stereocenters. The van der Waals surface area contributed by atoms with Crippen LogP contribution in [-0.4, -0.2) is 17.2 Å². The van der Waals surface area contributed by atoms with Crippen LogP contribution in [0.4, 0.5) is 13.2 Å². The first-order chi connectivity index (χ1) is 7.00. The minimum atomic E-state index is -4.33. The molecule has 0 aliphatic heterocycles. The average Bonchev–Trinajstić information content (AvgIpc) is 2.18. The Balaban J connectivity index is 2.48. The van der Waals surface area contributed by atoms with Crippen LogP contribution < -0.4 is 5.73 Å². The molecule has 1 rings (SSSR count). The molecule has 1 heterocycles. The van der Waals surface area contributed by atoms with E-state index in [1.807, 2.05) is 0 Å². The van der Waals surface area contributed by atoms with Crippen LogP contribution in [0.15, 0.2) is 30.6 Å². The Morgan fingerprint density at radius 1 is 1.47 bits per heavy atom. The van der Waals surface area contributed by atoms with Crippen LogP contribution >= 0.6 is 0 Å². The number of hydrogen-bond acceptors (Lipinski definition) is 2. The molecular formula is C10H11F3N2. The fraction of sp³-hybridized carbons (Fsp3) is 0.300. The third-order valence-electron chi connectivity index (χ3n) is 1.81. The molecular weight excluding hydrogens is 205 g/mol. The summed E-state index contributed by atoms with van der Waals surface area (Å²) in [6.07, 6.45) is 1.57. The molecule has 1 aromatic rings. The summed E-state index contributed by atoms with van der Waals surface area (Å²) >= 11 is 0. The second-order valence-electron chi connectivity index (χ2n) is 3.07. The van der Waals surface area contributed by atoms with Gasteiger partial charge in [-0.25, -0.2) is 0 Å². The van der Waals surface area contributed by atoms with E-state index in [-0.39, 0.29) is 6.42 Å². The quantitative estimate of drug-likeness (QED) is 0.842. The Morgan fingerprint density at radius 3 is 2.73 bits per heavy atom. The van der Waals surface area contributed by atoms with Gasteiger partial charge in [0.1, 0.15) is 6.04 Å². The number of hydrogen-bond donors (Lipinski definition) is 1. The van der Waals surface area contributed by atoms with Crippen molar-refractivity contribution in [1.82, 2.24) is 4.98 Å². The fourth-order valence-electron chi connectivity index (χ4n) is 0.959. The maximum Gasteiger partial charge on any atom is 0.403 e. The monoisotopic (exact) mass is 216 g/mol. The lowest BCUT2D eigenvalue weighted by atomic mass is 10.2.